The first kappa shape index (κ1) is 18.9. The molecule has 0 aliphatic heterocycles. The Morgan fingerprint density at radius 1 is 1.07 bits per heavy atom. The van der Waals surface area contributed by atoms with Crippen molar-refractivity contribution in [1.82, 2.24) is 9.97 Å². The Bertz CT molecular complexity index is 1140. The van der Waals surface area contributed by atoms with Crippen LogP contribution >= 0.6 is 11.3 Å². The van der Waals surface area contributed by atoms with Gasteiger partial charge in [-0.2, -0.15) is 0 Å². The topological polar surface area (TPSA) is 64.5 Å². The van der Waals surface area contributed by atoms with Crippen LogP contribution in [0.25, 0.3) is 10.2 Å². The van der Waals surface area contributed by atoms with Gasteiger partial charge < -0.3 is 9.47 Å². The fourth-order valence-electron chi connectivity index (χ4n) is 3.00. The van der Waals surface area contributed by atoms with Crippen LogP contribution < -0.4 is 14.4 Å². The maximum atomic E-state index is 13.5. The Balaban J connectivity index is 1.79. The van der Waals surface area contributed by atoms with Crippen LogP contribution in [0.5, 0.6) is 11.5 Å². The van der Waals surface area contributed by atoms with Crippen molar-refractivity contribution in [2.24, 2.45) is 0 Å². The molecule has 0 aliphatic rings. The van der Waals surface area contributed by atoms with Crippen LogP contribution in [0.2, 0.25) is 0 Å². The molecule has 4 rings (SSSR count). The number of amides is 1. The van der Waals surface area contributed by atoms with E-state index in [0.29, 0.717) is 23.0 Å². The SMILES string of the molecule is COc1ccc2nc(N(Cc3cccnc3)C(=O)c3ccccc3OC)sc2c1. The van der Waals surface area contributed by atoms with E-state index in [0.717, 1.165) is 21.5 Å². The average Bonchev–Trinajstić information content (AvgIpc) is 3.20. The number of para-hydroxylation sites is 1. The van der Waals surface area contributed by atoms with E-state index in [9.17, 15) is 4.79 Å². The standard InChI is InChI=1S/C22H19N3O3S/c1-27-16-9-10-18-20(12-16)29-22(24-18)25(14-15-6-5-11-23-13-15)21(26)17-7-3-4-8-19(17)28-2/h3-13H,14H2,1-2H3. The number of carbonyl (C=O) groups is 1. The number of carbonyl (C=O) groups excluding carboxylic acids is 1. The van der Waals surface area contributed by atoms with E-state index >= 15 is 0 Å². The monoisotopic (exact) mass is 405 g/mol. The van der Waals surface area contributed by atoms with Crippen LogP contribution in [0.15, 0.2) is 67.0 Å². The van der Waals surface area contributed by atoms with Gasteiger partial charge in [0.2, 0.25) is 0 Å². The highest BCUT2D eigenvalue weighted by Crippen LogP contribution is 2.33. The third-order valence-electron chi connectivity index (χ3n) is 4.46. The van der Waals surface area contributed by atoms with E-state index < -0.39 is 0 Å². The molecule has 146 valence electrons. The zero-order valence-electron chi connectivity index (χ0n) is 16.0. The fraction of sp³-hybridized carbons (Fsp3) is 0.136. The minimum atomic E-state index is -0.183. The molecule has 2 aromatic carbocycles. The van der Waals surface area contributed by atoms with E-state index in [1.165, 1.54) is 11.3 Å². The van der Waals surface area contributed by atoms with Crippen molar-refractivity contribution >= 4 is 32.6 Å². The van der Waals surface area contributed by atoms with Crippen molar-refractivity contribution in [2.75, 3.05) is 19.1 Å². The number of hydrogen-bond acceptors (Lipinski definition) is 6. The molecule has 7 heteroatoms. The molecule has 0 bridgehead atoms. The van der Waals surface area contributed by atoms with Crippen LogP contribution in [0.3, 0.4) is 0 Å². The summed E-state index contributed by atoms with van der Waals surface area (Å²) in [5.74, 6) is 1.09. The molecule has 29 heavy (non-hydrogen) atoms. The van der Waals surface area contributed by atoms with Gasteiger partial charge in [0.25, 0.3) is 5.91 Å². The van der Waals surface area contributed by atoms with Crippen LogP contribution in [-0.4, -0.2) is 30.1 Å². The summed E-state index contributed by atoms with van der Waals surface area (Å²) >= 11 is 1.44. The number of thiazole rings is 1. The minimum absolute atomic E-state index is 0.183. The van der Waals surface area contributed by atoms with Gasteiger partial charge >= 0.3 is 0 Å². The Morgan fingerprint density at radius 2 is 1.93 bits per heavy atom. The third-order valence-corrected chi connectivity index (χ3v) is 5.50. The van der Waals surface area contributed by atoms with Gasteiger partial charge in [-0.25, -0.2) is 4.98 Å². The average molecular weight is 405 g/mol. The molecule has 0 unspecified atom stereocenters. The first-order chi connectivity index (χ1) is 14.2. The number of nitrogens with zero attached hydrogens (tertiary/aromatic N) is 3. The highest BCUT2D eigenvalue weighted by molar-refractivity contribution is 7.22. The second-order valence-electron chi connectivity index (χ2n) is 6.28. The largest absolute Gasteiger partial charge is 0.497 e. The molecular formula is C22H19N3O3S. The lowest BCUT2D eigenvalue weighted by Crippen LogP contribution is -2.30. The van der Waals surface area contributed by atoms with Crippen LogP contribution in [0.4, 0.5) is 5.13 Å². The number of benzene rings is 2. The summed E-state index contributed by atoms with van der Waals surface area (Å²) in [6, 6.07) is 16.7. The first-order valence-corrected chi connectivity index (χ1v) is 9.79. The minimum Gasteiger partial charge on any atom is -0.497 e. The second-order valence-corrected chi connectivity index (χ2v) is 7.29. The van der Waals surface area contributed by atoms with Crippen molar-refractivity contribution in [3.63, 3.8) is 0 Å². The number of anilines is 1. The zero-order valence-corrected chi connectivity index (χ0v) is 16.8. The predicted molar refractivity (Wildman–Crippen MR) is 114 cm³/mol. The number of rotatable bonds is 6. The molecule has 0 aliphatic carbocycles. The van der Waals surface area contributed by atoms with Gasteiger partial charge in [0.1, 0.15) is 11.5 Å². The molecule has 2 aromatic heterocycles. The molecule has 0 spiro atoms. The maximum absolute atomic E-state index is 13.5. The van der Waals surface area contributed by atoms with Crippen LogP contribution in [0.1, 0.15) is 15.9 Å². The van der Waals surface area contributed by atoms with Crippen molar-refractivity contribution in [3.8, 4) is 11.5 Å². The maximum Gasteiger partial charge on any atom is 0.264 e. The lowest BCUT2D eigenvalue weighted by molar-refractivity contribution is 0.0982. The van der Waals surface area contributed by atoms with E-state index in [-0.39, 0.29) is 5.91 Å². The highest BCUT2D eigenvalue weighted by atomic mass is 32.1. The van der Waals surface area contributed by atoms with Gasteiger partial charge in [0.15, 0.2) is 5.13 Å². The lowest BCUT2D eigenvalue weighted by atomic mass is 10.1. The summed E-state index contributed by atoms with van der Waals surface area (Å²) in [6.07, 6.45) is 3.46. The van der Waals surface area contributed by atoms with Gasteiger partial charge in [-0.3, -0.25) is 14.7 Å². The van der Waals surface area contributed by atoms with Crippen molar-refractivity contribution < 1.29 is 14.3 Å². The Morgan fingerprint density at radius 3 is 2.69 bits per heavy atom. The van der Waals surface area contributed by atoms with Gasteiger partial charge in [-0.05, 0) is 42.0 Å². The number of methoxy groups -OCH3 is 2. The Hall–Kier alpha value is -3.45. The molecular weight excluding hydrogens is 386 g/mol. The fourth-order valence-corrected chi connectivity index (χ4v) is 3.99. The van der Waals surface area contributed by atoms with E-state index in [1.807, 2.05) is 42.5 Å². The van der Waals surface area contributed by atoms with Gasteiger partial charge in [-0.1, -0.05) is 29.5 Å². The molecule has 6 nitrogen and oxygen atoms in total. The van der Waals surface area contributed by atoms with Gasteiger partial charge in [-0.15, -0.1) is 0 Å². The molecule has 0 saturated carbocycles. The smallest absolute Gasteiger partial charge is 0.264 e. The zero-order chi connectivity index (χ0) is 20.2. The molecule has 0 N–H and O–H groups in total. The van der Waals surface area contributed by atoms with Crippen LogP contribution in [0, 0.1) is 0 Å². The van der Waals surface area contributed by atoms with Crippen molar-refractivity contribution in [2.45, 2.75) is 6.54 Å². The molecule has 0 saturated heterocycles. The van der Waals surface area contributed by atoms with Gasteiger partial charge in [0.05, 0.1) is 36.5 Å². The van der Waals surface area contributed by atoms with E-state index in [4.69, 9.17) is 14.5 Å². The molecule has 1 amide bonds. The summed E-state index contributed by atoms with van der Waals surface area (Å²) < 4.78 is 11.7. The number of pyridine rings is 1. The highest BCUT2D eigenvalue weighted by Gasteiger charge is 2.24. The first-order valence-electron chi connectivity index (χ1n) is 8.98. The molecule has 0 radical (unpaired) electrons. The van der Waals surface area contributed by atoms with Crippen molar-refractivity contribution in [1.29, 1.82) is 0 Å². The molecule has 4 aromatic rings. The summed E-state index contributed by atoms with van der Waals surface area (Å²) in [5, 5.41) is 0.605. The third kappa shape index (κ3) is 3.90. The number of fused-ring (bicyclic) bond motifs is 1. The Labute approximate surface area is 172 Å². The quantitative estimate of drug-likeness (QED) is 0.471. The number of ether oxygens (including phenoxy) is 2. The molecule has 2 heterocycles. The van der Waals surface area contributed by atoms with Crippen LogP contribution in [-0.2, 0) is 6.54 Å². The summed E-state index contributed by atoms with van der Waals surface area (Å²) in [7, 11) is 3.19. The van der Waals surface area contributed by atoms with Gasteiger partial charge in [0, 0.05) is 12.4 Å². The van der Waals surface area contributed by atoms with E-state index in [2.05, 4.69) is 4.98 Å². The van der Waals surface area contributed by atoms with E-state index in [1.54, 1.807) is 43.6 Å². The summed E-state index contributed by atoms with van der Waals surface area (Å²) in [5.41, 5.74) is 2.21. The normalized spacial score (nSPS) is 10.7. The second kappa shape index (κ2) is 8.28. The Kier molecular flexibility index (Phi) is 5.39. The lowest BCUT2D eigenvalue weighted by Gasteiger charge is -2.21. The summed E-state index contributed by atoms with van der Waals surface area (Å²) in [4.78, 5) is 24.0. The summed E-state index contributed by atoms with van der Waals surface area (Å²) in [6.45, 7) is 0.349. The number of hydrogen-bond donors (Lipinski definition) is 0. The number of aromatic nitrogens is 2. The molecule has 0 atom stereocenters. The predicted octanol–water partition coefficient (Wildman–Crippen LogP) is 4.56. The van der Waals surface area contributed by atoms with Crippen molar-refractivity contribution in [3.05, 3.63) is 78.1 Å². The molecule has 0 fully saturated rings.